The number of nitrogens with zero attached hydrogens (tertiary/aromatic N) is 1. The van der Waals surface area contributed by atoms with Gasteiger partial charge in [0.1, 0.15) is 6.73 Å². The van der Waals surface area contributed by atoms with Gasteiger partial charge in [-0.2, -0.15) is 0 Å². The van der Waals surface area contributed by atoms with Crippen LogP contribution in [0, 0.1) is 5.41 Å². The Bertz CT molecular complexity index is 238. The van der Waals surface area contributed by atoms with Gasteiger partial charge >= 0.3 is 0 Å². The molecule has 1 aliphatic heterocycles. The third-order valence-electron chi connectivity index (χ3n) is 2.56. The molecule has 0 bridgehead atoms. The molecule has 0 saturated carbocycles. The van der Waals surface area contributed by atoms with Gasteiger partial charge in [0.15, 0.2) is 0 Å². The summed E-state index contributed by atoms with van der Waals surface area (Å²) < 4.78 is 5.30. The Morgan fingerprint density at radius 3 is 2.50 bits per heavy atom. The lowest BCUT2D eigenvalue weighted by atomic mass is 9.92. The molecule has 1 heterocycles. The van der Waals surface area contributed by atoms with Crippen LogP contribution in [0.1, 0.15) is 27.7 Å². The summed E-state index contributed by atoms with van der Waals surface area (Å²) in [6.07, 6.45) is 0. The number of hydrogen-bond acceptors (Lipinski definition) is 2. The monoisotopic (exact) mass is 219 g/mol. The van der Waals surface area contributed by atoms with Gasteiger partial charge in [-0.1, -0.05) is 0 Å². The summed E-state index contributed by atoms with van der Waals surface area (Å²) in [5.74, 6) is 0.397. The van der Waals surface area contributed by atoms with E-state index in [4.69, 9.17) is 16.3 Å². The molecule has 1 amide bonds. The second-order valence-electron chi connectivity index (χ2n) is 5.04. The molecule has 0 unspecified atom stereocenters. The summed E-state index contributed by atoms with van der Waals surface area (Å²) in [6, 6.07) is 0. The minimum atomic E-state index is -0.507. The van der Waals surface area contributed by atoms with E-state index in [1.807, 2.05) is 27.7 Å². The number of ether oxygens (including phenoxy) is 1. The van der Waals surface area contributed by atoms with E-state index in [0.29, 0.717) is 19.2 Å². The highest BCUT2D eigenvalue weighted by Crippen LogP contribution is 2.29. The molecule has 1 fully saturated rings. The predicted octanol–water partition coefficient (Wildman–Crippen LogP) is 1.85. The lowest BCUT2D eigenvalue weighted by Gasteiger charge is -2.34. The molecule has 1 rings (SSSR count). The summed E-state index contributed by atoms with van der Waals surface area (Å²) in [6.45, 7) is 8.70. The molecule has 1 saturated heterocycles. The molecule has 0 N–H and O–H groups in total. The maximum Gasteiger partial charge on any atom is 0.231 e. The van der Waals surface area contributed by atoms with Gasteiger partial charge < -0.3 is 9.64 Å². The summed E-state index contributed by atoms with van der Waals surface area (Å²) in [5, 5.41) is 0. The molecule has 3 nitrogen and oxygen atoms in total. The third kappa shape index (κ3) is 2.04. The van der Waals surface area contributed by atoms with E-state index in [1.54, 1.807) is 4.90 Å². The van der Waals surface area contributed by atoms with Crippen LogP contribution in [-0.2, 0) is 9.53 Å². The lowest BCUT2D eigenvalue weighted by Crippen LogP contribution is -2.50. The first-order chi connectivity index (χ1) is 6.31. The summed E-state index contributed by atoms with van der Waals surface area (Å²) in [7, 11) is 0. The zero-order valence-electron chi connectivity index (χ0n) is 9.26. The molecule has 0 radical (unpaired) electrons. The number of carbonyl (C=O) groups excluding carboxylic acids is 1. The SMILES string of the molecule is CC(C)(CCl)C(=O)N1COCC1(C)C. The Balaban J connectivity index is 2.80. The van der Waals surface area contributed by atoms with Gasteiger partial charge in [-0.25, -0.2) is 0 Å². The van der Waals surface area contributed by atoms with Gasteiger partial charge in [0.05, 0.1) is 17.6 Å². The van der Waals surface area contributed by atoms with E-state index < -0.39 is 5.41 Å². The predicted molar refractivity (Wildman–Crippen MR) is 56.2 cm³/mol. The molecular formula is C10H18ClNO2. The maximum atomic E-state index is 12.1. The Labute approximate surface area is 90.4 Å². The molecule has 0 aliphatic carbocycles. The largest absolute Gasteiger partial charge is 0.359 e. The van der Waals surface area contributed by atoms with Crippen molar-refractivity contribution in [2.75, 3.05) is 19.2 Å². The fourth-order valence-electron chi connectivity index (χ4n) is 1.40. The van der Waals surface area contributed by atoms with Crippen molar-refractivity contribution in [1.82, 2.24) is 4.90 Å². The smallest absolute Gasteiger partial charge is 0.231 e. The molecular weight excluding hydrogens is 202 g/mol. The lowest BCUT2D eigenvalue weighted by molar-refractivity contribution is -0.143. The second-order valence-corrected chi connectivity index (χ2v) is 5.31. The number of halogens is 1. The van der Waals surface area contributed by atoms with Gasteiger partial charge in [0.2, 0.25) is 5.91 Å². The molecule has 0 aromatic rings. The van der Waals surface area contributed by atoms with Gasteiger partial charge in [0.25, 0.3) is 0 Å². The first-order valence-electron chi connectivity index (χ1n) is 4.77. The first-order valence-corrected chi connectivity index (χ1v) is 5.30. The van der Waals surface area contributed by atoms with E-state index in [9.17, 15) is 4.79 Å². The zero-order valence-corrected chi connectivity index (χ0v) is 10.0. The standard InChI is InChI=1S/C10H18ClNO2/c1-9(2,5-11)8(13)12-7-14-6-10(12,3)4/h5-7H2,1-4H3. The summed E-state index contributed by atoms with van der Waals surface area (Å²) >= 11 is 5.77. The maximum absolute atomic E-state index is 12.1. The molecule has 0 aromatic carbocycles. The van der Waals surface area contributed by atoms with Crippen molar-refractivity contribution < 1.29 is 9.53 Å². The number of hydrogen-bond donors (Lipinski definition) is 0. The van der Waals surface area contributed by atoms with Gasteiger partial charge in [-0.3, -0.25) is 4.79 Å². The van der Waals surface area contributed by atoms with E-state index in [1.165, 1.54) is 0 Å². The van der Waals surface area contributed by atoms with Crippen molar-refractivity contribution in [2.24, 2.45) is 5.41 Å². The number of rotatable bonds is 2. The van der Waals surface area contributed by atoms with E-state index in [0.717, 1.165) is 0 Å². The van der Waals surface area contributed by atoms with Crippen LogP contribution in [-0.4, -0.2) is 35.6 Å². The molecule has 0 aromatic heterocycles. The molecule has 82 valence electrons. The van der Waals surface area contributed by atoms with Crippen molar-refractivity contribution in [3.05, 3.63) is 0 Å². The van der Waals surface area contributed by atoms with Gasteiger partial charge in [-0.05, 0) is 27.7 Å². The fraction of sp³-hybridized carbons (Fsp3) is 0.900. The van der Waals surface area contributed by atoms with Gasteiger partial charge in [-0.15, -0.1) is 11.6 Å². The molecule has 1 aliphatic rings. The fourth-order valence-corrected chi connectivity index (χ4v) is 1.51. The Morgan fingerprint density at radius 1 is 1.57 bits per heavy atom. The van der Waals surface area contributed by atoms with Crippen LogP contribution in [0.5, 0.6) is 0 Å². The average Bonchev–Trinajstić information content (AvgIpc) is 2.44. The Kier molecular flexibility index (Phi) is 3.12. The highest BCUT2D eigenvalue weighted by molar-refractivity contribution is 6.19. The quantitative estimate of drug-likeness (QED) is 0.664. The second kappa shape index (κ2) is 3.70. The van der Waals surface area contributed by atoms with Crippen molar-refractivity contribution >= 4 is 17.5 Å². The van der Waals surface area contributed by atoms with Crippen molar-refractivity contribution in [2.45, 2.75) is 33.2 Å². The minimum absolute atomic E-state index is 0.0648. The number of amides is 1. The van der Waals surface area contributed by atoms with E-state index in [2.05, 4.69) is 0 Å². The first kappa shape index (κ1) is 11.8. The normalized spacial score (nSPS) is 21.4. The van der Waals surface area contributed by atoms with Crippen LogP contribution >= 0.6 is 11.6 Å². The third-order valence-corrected chi connectivity index (χ3v) is 3.23. The van der Waals surface area contributed by atoms with Crippen LogP contribution in [0.3, 0.4) is 0 Å². The Hall–Kier alpha value is -0.280. The summed E-state index contributed by atoms with van der Waals surface area (Å²) in [5.41, 5.74) is -0.715. The van der Waals surface area contributed by atoms with Crippen molar-refractivity contribution in [3.63, 3.8) is 0 Å². The highest BCUT2D eigenvalue weighted by Gasteiger charge is 2.42. The number of alkyl halides is 1. The molecule has 4 heteroatoms. The van der Waals surface area contributed by atoms with E-state index in [-0.39, 0.29) is 11.4 Å². The molecule has 0 spiro atoms. The topological polar surface area (TPSA) is 29.5 Å². The molecule has 14 heavy (non-hydrogen) atoms. The average molecular weight is 220 g/mol. The van der Waals surface area contributed by atoms with Crippen LogP contribution in [0.25, 0.3) is 0 Å². The van der Waals surface area contributed by atoms with Crippen LogP contribution in [0.2, 0.25) is 0 Å². The van der Waals surface area contributed by atoms with Crippen molar-refractivity contribution in [1.29, 1.82) is 0 Å². The van der Waals surface area contributed by atoms with Gasteiger partial charge in [0, 0.05) is 5.88 Å². The summed E-state index contributed by atoms with van der Waals surface area (Å²) in [4.78, 5) is 13.8. The van der Waals surface area contributed by atoms with E-state index >= 15 is 0 Å². The van der Waals surface area contributed by atoms with Crippen LogP contribution in [0.4, 0.5) is 0 Å². The van der Waals surface area contributed by atoms with Crippen LogP contribution in [0.15, 0.2) is 0 Å². The van der Waals surface area contributed by atoms with Crippen molar-refractivity contribution in [3.8, 4) is 0 Å². The highest BCUT2D eigenvalue weighted by atomic mass is 35.5. The Morgan fingerprint density at radius 2 is 2.14 bits per heavy atom. The number of carbonyl (C=O) groups is 1. The zero-order chi connectivity index (χ0) is 11.0. The molecule has 0 atom stereocenters. The van der Waals surface area contributed by atoms with Crippen LogP contribution < -0.4 is 0 Å². The minimum Gasteiger partial charge on any atom is -0.359 e.